The molecule has 0 bridgehead atoms. The smallest absolute Gasteiger partial charge is 0.250 e. The molecule has 4 rings (SSSR count). The molecule has 32 heavy (non-hydrogen) atoms. The number of benzene rings is 2. The Balaban J connectivity index is 0.00000141. The molecule has 0 radical (unpaired) electrons. The lowest BCUT2D eigenvalue weighted by atomic mass is 10.1. The average Bonchev–Trinajstić information content (AvgIpc) is 3.42. The van der Waals surface area contributed by atoms with Gasteiger partial charge in [0.25, 0.3) is 0 Å². The van der Waals surface area contributed by atoms with E-state index in [1.54, 1.807) is 11.4 Å². The van der Waals surface area contributed by atoms with Crippen LogP contribution in [-0.2, 0) is 6.42 Å². The molecule has 2 heterocycles. The van der Waals surface area contributed by atoms with Crippen LogP contribution in [0, 0.1) is 17.1 Å². The van der Waals surface area contributed by atoms with Crippen molar-refractivity contribution in [1.82, 2.24) is 10.2 Å². The first-order valence-corrected chi connectivity index (χ1v) is 11.4. The minimum absolute atomic E-state index is 0.0209. The van der Waals surface area contributed by atoms with Gasteiger partial charge in [0.1, 0.15) is 10.1 Å². The molecule has 0 aliphatic heterocycles. The molecule has 5 nitrogen and oxygen atoms in total. The minimum Gasteiger partial charge on any atom is -0.453 e. The van der Waals surface area contributed by atoms with Crippen LogP contribution in [0.15, 0.2) is 46.2 Å². The monoisotopic (exact) mass is 509 g/mol. The predicted molar refractivity (Wildman–Crippen MR) is 124 cm³/mol. The molecule has 0 unspecified atom stereocenters. The van der Waals surface area contributed by atoms with Crippen molar-refractivity contribution in [1.29, 1.82) is 5.26 Å². The van der Waals surface area contributed by atoms with Crippen LogP contribution in [0.1, 0.15) is 30.9 Å². The van der Waals surface area contributed by atoms with Gasteiger partial charge in [-0.1, -0.05) is 54.7 Å². The molecule has 0 saturated carbocycles. The first-order valence-electron chi connectivity index (χ1n) is 9.35. The van der Waals surface area contributed by atoms with Gasteiger partial charge in [-0.05, 0) is 35.7 Å². The Morgan fingerprint density at radius 3 is 2.59 bits per heavy atom. The highest BCUT2D eigenvalue weighted by Gasteiger charge is 2.19. The van der Waals surface area contributed by atoms with Crippen molar-refractivity contribution < 1.29 is 13.5 Å². The number of thiophene rings is 1. The van der Waals surface area contributed by atoms with Crippen LogP contribution >= 0.6 is 46.1 Å². The largest absolute Gasteiger partial charge is 0.453 e. The van der Waals surface area contributed by atoms with Crippen LogP contribution < -0.4 is 4.74 Å². The van der Waals surface area contributed by atoms with Crippen molar-refractivity contribution in [3.63, 3.8) is 0 Å². The summed E-state index contributed by atoms with van der Waals surface area (Å²) in [4.78, 5) is 0. The van der Waals surface area contributed by atoms with E-state index in [-0.39, 0.29) is 50.9 Å². The number of halogens is 4. The van der Waals surface area contributed by atoms with E-state index in [0.29, 0.717) is 9.90 Å². The molecule has 164 valence electrons. The van der Waals surface area contributed by atoms with Gasteiger partial charge in [-0.25, -0.2) is 4.39 Å². The van der Waals surface area contributed by atoms with E-state index in [0.717, 1.165) is 0 Å². The number of hydrogen-bond acceptors (Lipinski definition) is 6. The van der Waals surface area contributed by atoms with Crippen molar-refractivity contribution in [2.24, 2.45) is 0 Å². The molecular formula is C22H15Cl3FN3O2S. The third-order valence-corrected chi connectivity index (χ3v) is 5.69. The number of rotatable bonds is 5. The summed E-state index contributed by atoms with van der Waals surface area (Å²) in [5, 5.41) is 19.1. The number of nitriles is 1. The number of hydrogen-bond donors (Lipinski definition) is 0. The fourth-order valence-corrected chi connectivity index (χ4v) is 3.96. The molecule has 0 amide bonds. The van der Waals surface area contributed by atoms with Crippen LogP contribution in [-0.4, -0.2) is 10.2 Å². The normalized spacial score (nSPS) is 10.3. The molecule has 0 fully saturated rings. The van der Waals surface area contributed by atoms with E-state index in [9.17, 15) is 0 Å². The lowest BCUT2D eigenvalue weighted by Crippen LogP contribution is -1.98. The second-order valence-corrected chi connectivity index (χ2v) is 8.39. The first-order chi connectivity index (χ1) is 15.4. The quantitative estimate of drug-likeness (QED) is 0.271. The van der Waals surface area contributed by atoms with Gasteiger partial charge in [0.2, 0.25) is 11.8 Å². The zero-order valence-corrected chi connectivity index (χ0v) is 19.9. The number of ether oxygens (including phenoxy) is 1. The molecule has 0 atom stereocenters. The summed E-state index contributed by atoms with van der Waals surface area (Å²) in [6.45, 7) is 4.00. The molecular weight excluding hydrogens is 496 g/mol. The van der Waals surface area contributed by atoms with Gasteiger partial charge in [0.05, 0.1) is 28.6 Å². The van der Waals surface area contributed by atoms with Crippen molar-refractivity contribution in [2.75, 3.05) is 0 Å². The van der Waals surface area contributed by atoms with Crippen LogP contribution in [0.5, 0.6) is 11.5 Å². The van der Waals surface area contributed by atoms with E-state index in [4.69, 9.17) is 49.2 Å². The first kappa shape index (κ1) is 24.0. The SMILES string of the molecule is CC.N#Cc1cc(Cl)cc(Oc2c(Cl)ccc(Cc3nnc(-c4ccsc4Cl)o3)c2F)c1. The summed E-state index contributed by atoms with van der Waals surface area (Å²) in [6.07, 6.45) is 0.0209. The molecule has 2 aromatic heterocycles. The zero-order valence-electron chi connectivity index (χ0n) is 16.8. The van der Waals surface area contributed by atoms with E-state index in [2.05, 4.69) is 10.2 Å². The zero-order chi connectivity index (χ0) is 23.3. The van der Waals surface area contributed by atoms with Gasteiger partial charge in [0, 0.05) is 10.6 Å². The number of nitrogens with zero attached hydrogens (tertiary/aromatic N) is 3. The van der Waals surface area contributed by atoms with Crippen molar-refractivity contribution in [3.05, 3.63) is 79.0 Å². The molecule has 4 aromatic rings. The molecule has 0 spiro atoms. The van der Waals surface area contributed by atoms with Crippen LogP contribution in [0.2, 0.25) is 14.4 Å². The van der Waals surface area contributed by atoms with Crippen LogP contribution in [0.4, 0.5) is 4.39 Å². The topological polar surface area (TPSA) is 71.9 Å². The fraction of sp³-hybridized carbons (Fsp3) is 0.136. The molecule has 0 aliphatic rings. The molecule has 0 saturated heterocycles. The summed E-state index contributed by atoms with van der Waals surface area (Å²) >= 11 is 19.5. The Labute approximate surface area is 202 Å². The lowest BCUT2D eigenvalue weighted by molar-refractivity contribution is 0.437. The summed E-state index contributed by atoms with van der Waals surface area (Å²) < 4.78 is 26.8. The lowest BCUT2D eigenvalue weighted by Gasteiger charge is -2.11. The second-order valence-electron chi connectivity index (χ2n) is 6.02. The van der Waals surface area contributed by atoms with Crippen molar-refractivity contribution in [3.8, 4) is 29.0 Å². The Hall–Kier alpha value is -2.63. The Morgan fingerprint density at radius 1 is 1.12 bits per heavy atom. The Bertz CT molecular complexity index is 1280. The Morgan fingerprint density at radius 2 is 1.91 bits per heavy atom. The summed E-state index contributed by atoms with van der Waals surface area (Å²) in [5.41, 5.74) is 1.13. The van der Waals surface area contributed by atoms with Gasteiger partial charge in [-0.15, -0.1) is 21.5 Å². The van der Waals surface area contributed by atoms with E-state index < -0.39 is 5.82 Å². The fourth-order valence-electron chi connectivity index (χ4n) is 2.65. The van der Waals surface area contributed by atoms with Gasteiger partial charge < -0.3 is 9.15 Å². The molecule has 0 N–H and O–H groups in total. The van der Waals surface area contributed by atoms with Gasteiger partial charge >= 0.3 is 0 Å². The highest BCUT2D eigenvalue weighted by atomic mass is 35.5. The molecule has 10 heteroatoms. The van der Waals surface area contributed by atoms with E-state index in [1.807, 2.05) is 19.9 Å². The standard InChI is InChI=1S/C20H9Cl3FN3O2S.C2H6/c21-12-5-10(9-25)6-13(8-12)28-18-15(22)2-1-11(17(18)24)7-16-26-27-20(29-16)14-3-4-30-19(14)23;1-2/h1-6,8H,7H2;1-2H3. The van der Waals surface area contributed by atoms with E-state index in [1.165, 1.54) is 41.7 Å². The average molecular weight is 511 g/mol. The molecule has 0 aliphatic carbocycles. The summed E-state index contributed by atoms with van der Waals surface area (Å²) in [6, 6.07) is 11.1. The Kier molecular flexibility index (Phi) is 8.10. The maximum atomic E-state index is 15.1. The van der Waals surface area contributed by atoms with Crippen LogP contribution in [0.25, 0.3) is 11.5 Å². The van der Waals surface area contributed by atoms with Gasteiger partial charge in [0.15, 0.2) is 11.6 Å². The third kappa shape index (κ3) is 5.40. The van der Waals surface area contributed by atoms with Crippen molar-refractivity contribution >= 4 is 46.1 Å². The maximum Gasteiger partial charge on any atom is 0.250 e. The van der Waals surface area contributed by atoms with Crippen LogP contribution in [0.3, 0.4) is 0 Å². The van der Waals surface area contributed by atoms with Crippen molar-refractivity contribution in [2.45, 2.75) is 20.3 Å². The number of aromatic nitrogens is 2. The maximum absolute atomic E-state index is 15.1. The van der Waals surface area contributed by atoms with Gasteiger partial charge in [-0.2, -0.15) is 5.26 Å². The minimum atomic E-state index is -0.686. The van der Waals surface area contributed by atoms with E-state index >= 15 is 4.39 Å². The highest BCUT2D eigenvalue weighted by molar-refractivity contribution is 7.15. The summed E-state index contributed by atoms with van der Waals surface area (Å²) in [5.74, 6) is -0.238. The predicted octanol–water partition coefficient (Wildman–Crippen LogP) is 8.18. The second kappa shape index (κ2) is 10.8. The summed E-state index contributed by atoms with van der Waals surface area (Å²) in [7, 11) is 0. The highest BCUT2D eigenvalue weighted by Crippen LogP contribution is 2.36. The molecule has 2 aromatic carbocycles. The van der Waals surface area contributed by atoms with Gasteiger partial charge in [-0.3, -0.25) is 0 Å². The third-order valence-electron chi connectivity index (χ3n) is 4.01.